The van der Waals surface area contributed by atoms with Crippen molar-refractivity contribution in [2.75, 3.05) is 72.0 Å². The van der Waals surface area contributed by atoms with Crippen molar-refractivity contribution >= 4 is 0 Å². The molecule has 0 bridgehead atoms. The van der Waals surface area contributed by atoms with Crippen LogP contribution < -0.4 is 5.32 Å². The SMILES string of the molecule is CCCCN1CCCC(CN2CCC(CN3CCNCC3)CC2)C1. The van der Waals surface area contributed by atoms with Gasteiger partial charge >= 0.3 is 0 Å². The molecule has 0 radical (unpaired) electrons. The Bertz CT molecular complexity index is 335. The molecule has 140 valence electrons. The molecule has 0 aromatic heterocycles. The average Bonchev–Trinajstić information content (AvgIpc) is 2.63. The van der Waals surface area contributed by atoms with Gasteiger partial charge in [0, 0.05) is 45.8 Å². The van der Waals surface area contributed by atoms with Crippen LogP contribution in [0, 0.1) is 11.8 Å². The van der Waals surface area contributed by atoms with Gasteiger partial charge in [-0.3, -0.25) is 0 Å². The number of hydrogen-bond donors (Lipinski definition) is 1. The van der Waals surface area contributed by atoms with Crippen molar-refractivity contribution in [2.45, 2.75) is 45.4 Å². The van der Waals surface area contributed by atoms with Crippen LogP contribution in [0.5, 0.6) is 0 Å². The molecule has 0 aromatic carbocycles. The predicted molar refractivity (Wildman–Crippen MR) is 103 cm³/mol. The van der Waals surface area contributed by atoms with E-state index in [-0.39, 0.29) is 0 Å². The van der Waals surface area contributed by atoms with E-state index in [1.54, 1.807) is 0 Å². The van der Waals surface area contributed by atoms with Crippen molar-refractivity contribution in [3.63, 3.8) is 0 Å². The molecule has 0 saturated carbocycles. The van der Waals surface area contributed by atoms with Crippen molar-refractivity contribution < 1.29 is 0 Å². The third-order valence-corrected chi connectivity index (χ3v) is 6.38. The molecule has 24 heavy (non-hydrogen) atoms. The summed E-state index contributed by atoms with van der Waals surface area (Å²) in [4.78, 5) is 8.20. The number of piperazine rings is 1. The van der Waals surface area contributed by atoms with Crippen molar-refractivity contribution in [3.8, 4) is 0 Å². The van der Waals surface area contributed by atoms with Crippen LogP contribution in [0.4, 0.5) is 0 Å². The van der Waals surface area contributed by atoms with Crippen LogP contribution in [0.1, 0.15) is 45.4 Å². The van der Waals surface area contributed by atoms with Gasteiger partial charge in [0.25, 0.3) is 0 Å². The highest BCUT2D eigenvalue weighted by molar-refractivity contribution is 4.81. The molecule has 3 heterocycles. The summed E-state index contributed by atoms with van der Waals surface area (Å²) in [6.07, 6.45) is 8.45. The largest absolute Gasteiger partial charge is 0.314 e. The Balaban J connectivity index is 1.32. The van der Waals surface area contributed by atoms with Gasteiger partial charge < -0.3 is 20.0 Å². The van der Waals surface area contributed by atoms with Crippen LogP contribution in [0.2, 0.25) is 0 Å². The molecule has 1 N–H and O–H groups in total. The molecule has 0 aromatic rings. The second-order valence-electron chi connectivity index (χ2n) is 8.46. The van der Waals surface area contributed by atoms with Gasteiger partial charge in [-0.05, 0) is 70.1 Å². The van der Waals surface area contributed by atoms with Gasteiger partial charge in [0.2, 0.25) is 0 Å². The van der Waals surface area contributed by atoms with E-state index in [4.69, 9.17) is 0 Å². The second kappa shape index (κ2) is 10.1. The minimum atomic E-state index is 0.931. The summed E-state index contributed by atoms with van der Waals surface area (Å²) in [7, 11) is 0. The van der Waals surface area contributed by atoms with Crippen molar-refractivity contribution in [2.24, 2.45) is 11.8 Å². The van der Waals surface area contributed by atoms with Gasteiger partial charge in [0.1, 0.15) is 0 Å². The van der Waals surface area contributed by atoms with Gasteiger partial charge in [-0.15, -0.1) is 0 Å². The first-order chi connectivity index (χ1) is 11.8. The maximum atomic E-state index is 3.47. The first-order valence-electron chi connectivity index (χ1n) is 10.7. The summed E-state index contributed by atoms with van der Waals surface area (Å²) in [6.45, 7) is 16.7. The van der Waals surface area contributed by atoms with E-state index in [2.05, 4.69) is 26.9 Å². The highest BCUT2D eigenvalue weighted by atomic mass is 15.2. The third kappa shape index (κ3) is 5.98. The molecule has 4 nitrogen and oxygen atoms in total. The molecule has 3 fully saturated rings. The van der Waals surface area contributed by atoms with Gasteiger partial charge in [-0.2, -0.15) is 0 Å². The molecule has 1 atom stereocenters. The Morgan fingerprint density at radius 1 is 0.792 bits per heavy atom. The minimum Gasteiger partial charge on any atom is -0.314 e. The van der Waals surface area contributed by atoms with Gasteiger partial charge in [-0.1, -0.05) is 13.3 Å². The monoisotopic (exact) mass is 336 g/mol. The van der Waals surface area contributed by atoms with Crippen LogP contribution in [0.3, 0.4) is 0 Å². The van der Waals surface area contributed by atoms with Crippen LogP contribution in [-0.4, -0.2) is 86.7 Å². The molecule has 3 rings (SSSR count). The summed E-state index contributed by atoms with van der Waals surface area (Å²) >= 11 is 0. The lowest BCUT2D eigenvalue weighted by Crippen LogP contribution is -2.47. The van der Waals surface area contributed by atoms with E-state index in [1.165, 1.54) is 111 Å². The van der Waals surface area contributed by atoms with Crippen molar-refractivity contribution in [1.29, 1.82) is 0 Å². The molecule has 0 amide bonds. The van der Waals surface area contributed by atoms with Crippen LogP contribution >= 0.6 is 0 Å². The first kappa shape index (κ1) is 18.6. The molecule has 4 heteroatoms. The lowest BCUT2D eigenvalue weighted by molar-refractivity contribution is 0.0961. The van der Waals surface area contributed by atoms with E-state index in [0.717, 1.165) is 11.8 Å². The number of rotatable bonds is 7. The fourth-order valence-corrected chi connectivity index (χ4v) is 4.86. The van der Waals surface area contributed by atoms with Crippen LogP contribution in [0.25, 0.3) is 0 Å². The molecule has 3 aliphatic heterocycles. The van der Waals surface area contributed by atoms with Crippen molar-refractivity contribution in [3.05, 3.63) is 0 Å². The fourth-order valence-electron chi connectivity index (χ4n) is 4.86. The lowest BCUT2D eigenvalue weighted by atomic mass is 9.93. The molecule has 3 aliphatic rings. The summed E-state index contributed by atoms with van der Waals surface area (Å²) in [5.41, 5.74) is 0. The maximum absolute atomic E-state index is 3.47. The Labute approximate surface area is 149 Å². The highest BCUT2D eigenvalue weighted by Crippen LogP contribution is 2.23. The summed E-state index contributed by atoms with van der Waals surface area (Å²) in [6, 6.07) is 0. The van der Waals surface area contributed by atoms with E-state index < -0.39 is 0 Å². The second-order valence-corrected chi connectivity index (χ2v) is 8.46. The van der Waals surface area contributed by atoms with E-state index in [0.29, 0.717) is 0 Å². The van der Waals surface area contributed by atoms with Crippen LogP contribution in [-0.2, 0) is 0 Å². The molecular formula is C20H40N4. The molecular weight excluding hydrogens is 296 g/mol. The Hall–Kier alpha value is -0.160. The molecule has 0 aliphatic carbocycles. The first-order valence-corrected chi connectivity index (χ1v) is 10.7. The predicted octanol–water partition coefficient (Wildman–Crippen LogP) is 2.12. The van der Waals surface area contributed by atoms with E-state index >= 15 is 0 Å². The molecule has 3 saturated heterocycles. The van der Waals surface area contributed by atoms with E-state index in [9.17, 15) is 0 Å². The van der Waals surface area contributed by atoms with Gasteiger partial charge in [0.05, 0.1) is 0 Å². The zero-order valence-corrected chi connectivity index (χ0v) is 16.0. The lowest BCUT2D eigenvalue weighted by Gasteiger charge is -2.39. The van der Waals surface area contributed by atoms with E-state index in [1.807, 2.05) is 0 Å². The Kier molecular flexibility index (Phi) is 7.84. The summed E-state index contributed by atoms with van der Waals surface area (Å²) < 4.78 is 0. The number of nitrogens with zero attached hydrogens (tertiary/aromatic N) is 3. The smallest absolute Gasteiger partial charge is 0.0107 e. The normalized spacial score (nSPS) is 29.1. The number of unbranched alkanes of at least 4 members (excludes halogenated alkanes) is 1. The average molecular weight is 337 g/mol. The van der Waals surface area contributed by atoms with Gasteiger partial charge in [0.15, 0.2) is 0 Å². The number of hydrogen-bond acceptors (Lipinski definition) is 4. The quantitative estimate of drug-likeness (QED) is 0.769. The molecule has 0 spiro atoms. The number of nitrogens with one attached hydrogen (secondary N) is 1. The number of likely N-dealkylation sites (tertiary alicyclic amines) is 2. The van der Waals surface area contributed by atoms with Gasteiger partial charge in [-0.25, -0.2) is 0 Å². The molecule has 1 unspecified atom stereocenters. The van der Waals surface area contributed by atoms with Crippen molar-refractivity contribution in [1.82, 2.24) is 20.0 Å². The zero-order valence-electron chi connectivity index (χ0n) is 16.0. The Morgan fingerprint density at radius 2 is 1.50 bits per heavy atom. The Morgan fingerprint density at radius 3 is 2.25 bits per heavy atom. The highest BCUT2D eigenvalue weighted by Gasteiger charge is 2.26. The third-order valence-electron chi connectivity index (χ3n) is 6.38. The summed E-state index contributed by atoms with van der Waals surface area (Å²) in [5, 5.41) is 3.47. The summed E-state index contributed by atoms with van der Waals surface area (Å²) in [5.74, 6) is 1.88. The zero-order chi connectivity index (χ0) is 16.6. The fraction of sp³-hybridized carbons (Fsp3) is 1.00. The number of piperidine rings is 2. The topological polar surface area (TPSA) is 21.8 Å². The maximum Gasteiger partial charge on any atom is 0.0107 e. The van der Waals surface area contributed by atoms with Crippen LogP contribution in [0.15, 0.2) is 0 Å². The minimum absolute atomic E-state index is 0.931. The standard InChI is InChI=1S/C20H40N4/c1-2-3-10-22-11-4-5-20(17-22)18-23-12-6-19(7-13-23)16-24-14-8-21-9-15-24/h19-21H,2-18H2,1H3.